The van der Waals surface area contributed by atoms with Gasteiger partial charge in [-0.15, -0.1) is 0 Å². The van der Waals surface area contributed by atoms with Crippen molar-refractivity contribution < 1.29 is 9.53 Å². The van der Waals surface area contributed by atoms with Crippen LogP contribution in [0.4, 0.5) is 17.2 Å². The van der Waals surface area contributed by atoms with E-state index in [1.165, 1.54) is 6.33 Å². The molecule has 1 aliphatic rings. The van der Waals surface area contributed by atoms with Crippen molar-refractivity contribution in [2.24, 2.45) is 0 Å². The second kappa shape index (κ2) is 6.34. The van der Waals surface area contributed by atoms with E-state index in [0.29, 0.717) is 23.0 Å². The summed E-state index contributed by atoms with van der Waals surface area (Å²) in [5.41, 5.74) is 3.29. The standard InChI is InChI=1S/C20H16N6O2/c1-25-16-9-14(7-8-17(16)28-11-19(25)27)23-18-10-15(13-5-3-2-4-6-13)24-20-21-12-22-26(18)20/h2-10,12,23H,11H2,1H3. The maximum Gasteiger partial charge on any atom is 0.264 e. The lowest BCUT2D eigenvalue weighted by molar-refractivity contribution is -0.120. The molecule has 0 aliphatic carbocycles. The minimum atomic E-state index is -0.0846. The Bertz CT molecular complexity index is 1190. The lowest BCUT2D eigenvalue weighted by atomic mass is 10.1. The highest BCUT2D eigenvalue weighted by atomic mass is 16.5. The predicted molar refractivity (Wildman–Crippen MR) is 105 cm³/mol. The molecule has 5 rings (SSSR count). The van der Waals surface area contributed by atoms with Crippen LogP contribution in [-0.2, 0) is 4.79 Å². The van der Waals surface area contributed by atoms with E-state index in [1.807, 2.05) is 54.6 Å². The van der Waals surface area contributed by atoms with Crippen LogP contribution < -0.4 is 15.0 Å². The number of fused-ring (bicyclic) bond motifs is 2. The number of rotatable bonds is 3. The fourth-order valence-corrected chi connectivity index (χ4v) is 3.16. The van der Waals surface area contributed by atoms with Gasteiger partial charge in [-0.25, -0.2) is 4.98 Å². The average Bonchev–Trinajstić information content (AvgIpc) is 3.21. The zero-order valence-electron chi connectivity index (χ0n) is 15.0. The number of amides is 1. The summed E-state index contributed by atoms with van der Waals surface area (Å²) in [7, 11) is 1.74. The van der Waals surface area contributed by atoms with Gasteiger partial charge in [0.15, 0.2) is 6.61 Å². The minimum Gasteiger partial charge on any atom is -0.482 e. The molecular weight excluding hydrogens is 356 g/mol. The molecule has 8 heteroatoms. The number of hydrogen-bond donors (Lipinski definition) is 1. The van der Waals surface area contributed by atoms with E-state index in [1.54, 1.807) is 16.5 Å². The van der Waals surface area contributed by atoms with Crippen molar-refractivity contribution in [2.45, 2.75) is 0 Å². The Morgan fingerprint density at radius 1 is 1.11 bits per heavy atom. The van der Waals surface area contributed by atoms with Crippen molar-refractivity contribution in [1.29, 1.82) is 0 Å². The minimum absolute atomic E-state index is 0.0562. The van der Waals surface area contributed by atoms with Crippen LogP contribution in [0, 0.1) is 0 Å². The van der Waals surface area contributed by atoms with Gasteiger partial charge in [-0.05, 0) is 18.2 Å². The van der Waals surface area contributed by atoms with Crippen molar-refractivity contribution in [3.8, 4) is 17.0 Å². The summed E-state index contributed by atoms with van der Waals surface area (Å²) in [6.45, 7) is 0.0562. The number of likely N-dealkylation sites (N-methyl/N-ethyl adjacent to an activating group) is 1. The molecule has 1 aliphatic heterocycles. The van der Waals surface area contributed by atoms with Crippen LogP contribution in [0.1, 0.15) is 0 Å². The van der Waals surface area contributed by atoms with Gasteiger partial charge in [0.2, 0.25) is 0 Å². The predicted octanol–water partition coefficient (Wildman–Crippen LogP) is 2.89. The third-order valence-corrected chi connectivity index (χ3v) is 4.64. The normalized spacial score (nSPS) is 13.3. The third kappa shape index (κ3) is 2.71. The van der Waals surface area contributed by atoms with E-state index in [-0.39, 0.29) is 12.5 Å². The Morgan fingerprint density at radius 2 is 1.96 bits per heavy atom. The van der Waals surface area contributed by atoms with Crippen molar-refractivity contribution >= 4 is 28.9 Å². The van der Waals surface area contributed by atoms with Crippen molar-refractivity contribution in [3.63, 3.8) is 0 Å². The number of hydrogen-bond acceptors (Lipinski definition) is 6. The fourth-order valence-electron chi connectivity index (χ4n) is 3.16. The molecule has 138 valence electrons. The zero-order chi connectivity index (χ0) is 19.1. The quantitative estimate of drug-likeness (QED) is 0.595. The highest BCUT2D eigenvalue weighted by molar-refractivity contribution is 5.98. The topological polar surface area (TPSA) is 84.6 Å². The fraction of sp³-hybridized carbons (Fsp3) is 0.100. The van der Waals surface area contributed by atoms with Gasteiger partial charge in [0.25, 0.3) is 11.7 Å². The Kier molecular flexibility index (Phi) is 3.68. The first-order chi connectivity index (χ1) is 13.7. The number of nitrogens with zero attached hydrogens (tertiary/aromatic N) is 5. The molecule has 0 fully saturated rings. The Labute approximate surface area is 160 Å². The van der Waals surface area contributed by atoms with Gasteiger partial charge in [-0.1, -0.05) is 30.3 Å². The molecule has 0 saturated carbocycles. The molecule has 1 N–H and O–H groups in total. The van der Waals surface area contributed by atoms with Crippen molar-refractivity contribution in [2.75, 3.05) is 23.9 Å². The molecule has 0 atom stereocenters. The molecule has 2 aromatic carbocycles. The second-order valence-corrected chi connectivity index (χ2v) is 6.41. The summed E-state index contributed by atoms with van der Waals surface area (Å²) in [6.07, 6.45) is 1.47. The Balaban J connectivity index is 1.57. The van der Waals surface area contributed by atoms with E-state index in [2.05, 4.69) is 20.4 Å². The van der Waals surface area contributed by atoms with E-state index < -0.39 is 0 Å². The summed E-state index contributed by atoms with van der Waals surface area (Å²) in [4.78, 5) is 22.3. The first-order valence-electron chi connectivity index (χ1n) is 8.76. The maximum atomic E-state index is 11.9. The van der Waals surface area contributed by atoms with Gasteiger partial charge in [0.1, 0.15) is 17.9 Å². The Morgan fingerprint density at radius 3 is 2.82 bits per heavy atom. The molecule has 3 heterocycles. The number of nitrogens with one attached hydrogen (secondary N) is 1. The van der Waals surface area contributed by atoms with Crippen molar-refractivity contribution in [1.82, 2.24) is 19.6 Å². The molecule has 0 saturated heterocycles. The number of aromatic nitrogens is 4. The molecule has 8 nitrogen and oxygen atoms in total. The van der Waals surface area contributed by atoms with Crippen molar-refractivity contribution in [3.05, 3.63) is 60.9 Å². The second-order valence-electron chi connectivity index (χ2n) is 6.41. The van der Waals surface area contributed by atoms with E-state index >= 15 is 0 Å². The summed E-state index contributed by atoms with van der Waals surface area (Å²) < 4.78 is 7.13. The largest absolute Gasteiger partial charge is 0.482 e. The molecule has 1 amide bonds. The van der Waals surface area contributed by atoms with Crippen LogP contribution in [0.3, 0.4) is 0 Å². The number of carbonyl (C=O) groups excluding carboxylic acids is 1. The average molecular weight is 372 g/mol. The summed E-state index contributed by atoms with van der Waals surface area (Å²) >= 11 is 0. The SMILES string of the molecule is CN1C(=O)COc2ccc(Nc3cc(-c4ccccc4)nc4ncnn34)cc21. The van der Waals surface area contributed by atoms with Gasteiger partial charge in [0, 0.05) is 24.4 Å². The van der Waals surface area contributed by atoms with Gasteiger partial charge >= 0.3 is 0 Å². The molecule has 28 heavy (non-hydrogen) atoms. The lowest BCUT2D eigenvalue weighted by Gasteiger charge is -2.26. The van der Waals surface area contributed by atoms with Gasteiger partial charge in [0.05, 0.1) is 11.4 Å². The highest BCUT2D eigenvalue weighted by Gasteiger charge is 2.22. The van der Waals surface area contributed by atoms with Crippen LogP contribution in [0.15, 0.2) is 60.9 Å². The summed E-state index contributed by atoms with van der Waals surface area (Å²) in [6, 6.07) is 17.4. The molecule has 0 radical (unpaired) electrons. The number of carbonyl (C=O) groups is 1. The molecule has 0 unspecified atom stereocenters. The van der Waals surface area contributed by atoms with Crippen LogP contribution in [0.5, 0.6) is 5.75 Å². The zero-order valence-corrected chi connectivity index (χ0v) is 15.0. The van der Waals surface area contributed by atoms with Crippen LogP contribution in [0.2, 0.25) is 0 Å². The number of anilines is 3. The smallest absolute Gasteiger partial charge is 0.264 e. The van der Waals surface area contributed by atoms with E-state index in [9.17, 15) is 4.79 Å². The highest BCUT2D eigenvalue weighted by Crippen LogP contribution is 2.34. The first kappa shape index (κ1) is 16.2. The van der Waals surface area contributed by atoms with E-state index in [4.69, 9.17) is 4.74 Å². The summed E-state index contributed by atoms with van der Waals surface area (Å²) in [5.74, 6) is 1.81. The molecule has 4 aromatic rings. The third-order valence-electron chi connectivity index (χ3n) is 4.64. The first-order valence-corrected chi connectivity index (χ1v) is 8.76. The number of ether oxygens (including phenoxy) is 1. The van der Waals surface area contributed by atoms with E-state index in [0.717, 1.165) is 16.9 Å². The summed E-state index contributed by atoms with van der Waals surface area (Å²) in [5, 5.41) is 7.61. The van der Waals surface area contributed by atoms with Gasteiger partial charge < -0.3 is 15.0 Å². The molecule has 0 spiro atoms. The Hall–Kier alpha value is -3.94. The molecule has 2 aromatic heterocycles. The monoisotopic (exact) mass is 372 g/mol. The molecular formula is C20H16N6O2. The molecule has 0 bridgehead atoms. The lowest BCUT2D eigenvalue weighted by Crippen LogP contribution is -2.35. The van der Waals surface area contributed by atoms with Crippen LogP contribution >= 0.6 is 0 Å². The maximum absolute atomic E-state index is 11.9. The van der Waals surface area contributed by atoms with Gasteiger partial charge in [-0.2, -0.15) is 14.6 Å². The van der Waals surface area contributed by atoms with Gasteiger partial charge in [-0.3, -0.25) is 4.79 Å². The van der Waals surface area contributed by atoms with Crippen LogP contribution in [0.25, 0.3) is 17.0 Å². The number of benzene rings is 2. The van der Waals surface area contributed by atoms with Crippen LogP contribution in [-0.4, -0.2) is 39.1 Å².